The van der Waals surface area contributed by atoms with Gasteiger partial charge in [-0.3, -0.25) is 9.59 Å². The SMILES string of the molecule is CCC(/N=N/C(CC)(OC(C)=O)c1ccccc1)(OC(C)=O)c1ccccc1. The molecule has 0 spiro atoms. The molecule has 0 fully saturated rings. The maximum Gasteiger partial charge on any atom is 0.305 e. The zero-order chi connectivity index (χ0) is 20.6. The van der Waals surface area contributed by atoms with Crippen LogP contribution in [-0.2, 0) is 30.5 Å². The third kappa shape index (κ3) is 4.82. The molecule has 0 heterocycles. The second-order valence-electron chi connectivity index (χ2n) is 6.40. The van der Waals surface area contributed by atoms with Crippen LogP contribution in [-0.4, -0.2) is 11.9 Å². The minimum absolute atomic E-state index is 0.370. The summed E-state index contributed by atoms with van der Waals surface area (Å²) in [5.41, 5.74) is -1.22. The summed E-state index contributed by atoms with van der Waals surface area (Å²) in [5.74, 6) is -0.946. The van der Waals surface area contributed by atoms with E-state index in [1.54, 1.807) is 0 Å². The third-order valence-electron chi connectivity index (χ3n) is 4.41. The second-order valence-corrected chi connectivity index (χ2v) is 6.40. The highest BCUT2D eigenvalue weighted by Gasteiger charge is 2.39. The maximum atomic E-state index is 11.8. The molecule has 28 heavy (non-hydrogen) atoms. The Hall–Kier alpha value is -3.02. The summed E-state index contributed by atoms with van der Waals surface area (Å²) in [6.45, 7) is 6.38. The first-order chi connectivity index (χ1) is 13.4. The summed E-state index contributed by atoms with van der Waals surface area (Å²) >= 11 is 0. The fraction of sp³-hybridized carbons (Fsp3) is 0.364. The van der Waals surface area contributed by atoms with Gasteiger partial charge in [-0.1, -0.05) is 74.5 Å². The first-order valence-corrected chi connectivity index (χ1v) is 9.31. The largest absolute Gasteiger partial charge is 0.431 e. The van der Waals surface area contributed by atoms with Gasteiger partial charge in [0.15, 0.2) is 0 Å². The predicted molar refractivity (Wildman–Crippen MR) is 105 cm³/mol. The molecule has 2 atom stereocenters. The summed E-state index contributed by atoms with van der Waals surface area (Å²) in [5, 5.41) is 8.92. The average Bonchev–Trinajstić information content (AvgIpc) is 2.71. The van der Waals surface area contributed by atoms with Crippen molar-refractivity contribution in [1.82, 2.24) is 0 Å². The van der Waals surface area contributed by atoms with Crippen LogP contribution in [0.1, 0.15) is 51.7 Å². The van der Waals surface area contributed by atoms with Gasteiger partial charge in [-0.05, 0) is 0 Å². The van der Waals surface area contributed by atoms with E-state index in [0.717, 1.165) is 0 Å². The Labute approximate surface area is 165 Å². The molecule has 0 radical (unpaired) electrons. The molecule has 0 bridgehead atoms. The van der Waals surface area contributed by atoms with Crippen LogP contribution in [0.2, 0.25) is 0 Å². The van der Waals surface area contributed by atoms with Crippen molar-refractivity contribution in [2.75, 3.05) is 0 Å². The van der Waals surface area contributed by atoms with Gasteiger partial charge in [-0.2, -0.15) is 0 Å². The van der Waals surface area contributed by atoms with Gasteiger partial charge in [0.25, 0.3) is 0 Å². The van der Waals surface area contributed by atoms with Crippen molar-refractivity contribution in [3.05, 3.63) is 71.8 Å². The van der Waals surface area contributed by atoms with Gasteiger partial charge in [0.2, 0.25) is 11.4 Å². The zero-order valence-corrected chi connectivity index (χ0v) is 16.7. The van der Waals surface area contributed by atoms with Crippen LogP contribution in [0.3, 0.4) is 0 Å². The molecule has 2 aromatic rings. The molecule has 6 heteroatoms. The fourth-order valence-electron chi connectivity index (χ4n) is 3.00. The minimum atomic E-state index is -1.30. The summed E-state index contributed by atoms with van der Waals surface area (Å²) in [6, 6.07) is 18.4. The quantitative estimate of drug-likeness (QED) is 0.470. The lowest BCUT2D eigenvalue weighted by atomic mass is 9.99. The van der Waals surface area contributed by atoms with Gasteiger partial charge < -0.3 is 9.47 Å². The normalized spacial score (nSPS) is 15.4. The van der Waals surface area contributed by atoms with Gasteiger partial charge >= 0.3 is 11.9 Å². The van der Waals surface area contributed by atoms with Gasteiger partial charge in [-0.15, -0.1) is 10.2 Å². The van der Waals surface area contributed by atoms with Crippen molar-refractivity contribution in [3.8, 4) is 0 Å². The van der Waals surface area contributed by atoms with Crippen molar-refractivity contribution in [2.24, 2.45) is 10.2 Å². The lowest BCUT2D eigenvalue weighted by Crippen LogP contribution is -2.32. The molecular weight excluding hydrogens is 356 g/mol. The molecule has 0 saturated carbocycles. The molecule has 148 valence electrons. The Kier molecular flexibility index (Phi) is 7.04. The van der Waals surface area contributed by atoms with E-state index in [0.29, 0.717) is 24.0 Å². The number of carbonyl (C=O) groups excluding carboxylic acids is 2. The smallest absolute Gasteiger partial charge is 0.305 e. The second kappa shape index (κ2) is 9.26. The van der Waals surface area contributed by atoms with Gasteiger partial charge in [-0.25, -0.2) is 0 Å². The van der Waals surface area contributed by atoms with Crippen LogP contribution in [0.4, 0.5) is 0 Å². The van der Waals surface area contributed by atoms with Crippen LogP contribution in [0.15, 0.2) is 70.9 Å². The molecule has 0 saturated heterocycles. The minimum Gasteiger partial charge on any atom is -0.431 e. The fourth-order valence-corrected chi connectivity index (χ4v) is 3.00. The number of hydrogen-bond acceptors (Lipinski definition) is 6. The van der Waals surface area contributed by atoms with E-state index in [1.165, 1.54) is 13.8 Å². The highest BCUT2D eigenvalue weighted by atomic mass is 16.6. The number of esters is 2. The summed E-state index contributed by atoms with van der Waals surface area (Å²) in [6.07, 6.45) is 0.740. The number of benzene rings is 2. The molecule has 0 N–H and O–H groups in total. The standard InChI is InChI=1S/C22H26N2O4/c1-5-21(27-17(3)25,19-13-9-7-10-14-19)23-24-22(6-2,28-18(4)26)20-15-11-8-12-16-20/h7-16H,5-6H2,1-4H3/b24-23+. The maximum absolute atomic E-state index is 11.8. The number of ether oxygens (including phenoxy) is 2. The van der Waals surface area contributed by atoms with Crippen LogP contribution >= 0.6 is 0 Å². The van der Waals surface area contributed by atoms with E-state index in [4.69, 9.17) is 9.47 Å². The van der Waals surface area contributed by atoms with Crippen LogP contribution in [0.5, 0.6) is 0 Å². The number of carbonyl (C=O) groups is 2. The van der Waals surface area contributed by atoms with E-state index in [1.807, 2.05) is 74.5 Å². The first kappa shape index (κ1) is 21.3. The Morgan fingerprint density at radius 1 is 0.714 bits per heavy atom. The van der Waals surface area contributed by atoms with Crippen molar-refractivity contribution >= 4 is 11.9 Å². The molecule has 2 rings (SSSR count). The van der Waals surface area contributed by atoms with Crippen molar-refractivity contribution in [1.29, 1.82) is 0 Å². The zero-order valence-electron chi connectivity index (χ0n) is 16.7. The van der Waals surface area contributed by atoms with E-state index in [9.17, 15) is 9.59 Å². The molecule has 2 unspecified atom stereocenters. The molecule has 0 amide bonds. The van der Waals surface area contributed by atoms with Gasteiger partial charge in [0.1, 0.15) is 0 Å². The third-order valence-corrected chi connectivity index (χ3v) is 4.41. The van der Waals surface area contributed by atoms with E-state index in [-0.39, 0.29) is 0 Å². The summed E-state index contributed by atoms with van der Waals surface area (Å²) in [7, 11) is 0. The number of nitrogens with zero attached hydrogens (tertiary/aromatic N) is 2. The van der Waals surface area contributed by atoms with Gasteiger partial charge in [0.05, 0.1) is 0 Å². The lowest BCUT2D eigenvalue weighted by Gasteiger charge is -2.31. The monoisotopic (exact) mass is 382 g/mol. The highest BCUT2D eigenvalue weighted by Crippen LogP contribution is 2.37. The molecule has 0 aromatic heterocycles. The molecule has 0 aliphatic carbocycles. The number of azo groups is 1. The molecular formula is C22H26N2O4. The number of rotatable bonds is 8. The molecule has 0 aliphatic rings. The summed E-state index contributed by atoms with van der Waals surface area (Å²) < 4.78 is 11.2. The number of hydrogen-bond donors (Lipinski definition) is 0. The Morgan fingerprint density at radius 3 is 1.29 bits per heavy atom. The Bertz CT molecular complexity index is 753. The highest BCUT2D eigenvalue weighted by molar-refractivity contribution is 5.67. The van der Waals surface area contributed by atoms with E-state index in [2.05, 4.69) is 10.2 Å². The van der Waals surface area contributed by atoms with Crippen LogP contribution in [0, 0.1) is 0 Å². The molecule has 6 nitrogen and oxygen atoms in total. The van der Waals surface area contributed by atoms with Crippen molar-refractivity contribution in [2.45, 2.75) is 52.0 Å². The topological polar surface area (TPSA) is 77.3 Å². The van der Waals surface area contributed by atoms with E-state index < -0.39 is 23.4 Å². The molecule has 2 aromatic carbocycles. The van der Waals surface area contributed by atoms with Gasteiger partial charge in [0, 0.05) is 37.8 Å². The van der Waals surface area contributed by atoms with Crippen LogP contribution in [0.25, 0.3) is 0 Å². The molecule has 0 aliphatic heterocycles. The first-order valence-electron chi connectivity index (χ1n) is 9.31. The van der Waals surface area contributed by atoms with Crippen molar-refractivity contribution < 1.29 is 19.1 Å². The Morgan fingerprint density at radius 2 is 1.04 bits per heavy atom. The van der Waals surface area contributed by atoms with Crippen molar-refractivity contribution in [3.63, 3.8) is 0 Å². The average molecular weight is 382 g/mol. The lowest BCUT2D eigenvalue weighted by molar-refractivity contribution is -0.165. The summed E-state index contributed by atoms with van der Waals surface area (Å²) in [4.78, 5) is 23.6. The predicted octanol–water partition coefficient (Wildman–Crippen LogP) is 5.09. The van der Waals surface area contributed by atoms with Crippen LogP contribution < -0.4 is 0 Å². The van der Waals surface area contributed by atoms with E-state index >= 15 is 0 Å². The Balaban J connectivity index is 2.60.